The summed E-state index contributed by atoms with van der Waals surface area (Å²) in [6, 6.07) is 13.3. The van der Waals surface area contributed by atoms with Crippen LogP contribution in [0, 0.1) is 0 Å². The molecule has 118 valence electrons. The van der Waals surface area contributed by atoms with E-state index in [0.29, 0.717) is 0 Å². The third kappa shape index (κ3) is 3.00. The lowest BCUT2D eigenvalue weighted by molar-refractivity contribution is 0.475. The first-order valence-corrected chi connectivity index (χ1v) is 7.78. The van der Waals surface area contributed by atoms with Gasteiger partial charge in [-0.2, -0.15) is 0 Å². The van der Waals surface area contributed by atoms with Gasteiger partial charge in [0, 0.05) is 24.5 Å². The zero-order valence-electron chi connectivity index (χ0n) is 14.0. The van der Waals surface area contributed by atoms with Crippen LogP contribution < -0.4 is 4.90 Å². The summed E-state index contributed by atoms with van der Waals surface area (Å²) in [6.45, 7) is 6.60. The highest BCUT2D eigenvalue weighted by Gasteiger charge is 2.28. The van der Waals surface area contributed by atoms with Gasteiger partial charge >= 0.3 is 0 Å². The molecule has 0 aromatic heterocycles. The lowest BCUT2D eigenvalue weighted by Crippen LogP contribution is -2.42. The average molecular weight is 306 g/mol. The predicted octanol–water partition coefficient (Wildman–Crippen LogP) is 4.77. The summed E-state index contributed by atoms with van der Waals surface area (Å²) < 4.78 is 0. The van der Waals surface area contributed by atoms with Crippen molar-refractivity contribution in [2.45, 2.75) is 26.3 Å². The maximum Gasteiger partial charge on any atom is 0.115 e. The summed E-state index contributed by atoms with van der Waals surface area (Å²) in [4.78, 5) is 6.77. The maximum atomic E-state index is 9.31. The van der Waals surface area contributed by atoms with Gasteiger partial charge in [0.1, 0.15) is 5.75 Å². The van der Waals surface area contributed by atoms with E-state index in [0.717, 1.165) is 11.3 Å². The van der Waals surface area contributed by atoms with E-state index in [-0.39, 0.29) is 11.3 Å². The number of hydrogen-bond donors (Lipinski definition) is 1. The molecule has 0 bridgehead atoms. The molecule has 2 aromatic carbocycles. The Morgan fingerprint density at radius 3 is 2.48 bits per heavy atom. The minimum atomic E-state index is 0.0265. The average Bonchev–Trinajstić information content (AvgIpc) is 2.52. The Kier molecular flexibility index (Phi) is 3.72. The monoisotopic (exact) mass is 306 g/mol. The number of hydrogen-bond acceptors (Lipinski definition) is 3. The van der Waals surface area contributed by atoms with Gasteiger partial charge in [-0.05, 0) is 68.3 Å². The van der Waals surface area contributed by atoms with E-state index in [1.165, 1.54) is 16.8 Å². The van der Waals surface area contributed by atoms with Gasteiger partial charge in [-0.25, -0.2) is 0 Å². The first kappa shape index (κ1) is 15.3. The topological polar surface area (TPSA) is 35.8 Å². The smallest absolute Gasteiger partial charge is 0.115 e. The quantitative estimate of drug-likeness (QED) is 0.811. The van der Waals surface area contributed by atoms with Gasteiger partial charge in [0.15, 0.2) is 0 Å². The molecule has 23 heavy (non-hydrogen) atoms. The minimum Gasteiger partial charge on any atom is -0.508 e. The van der Waals surface area contributed by atoms with Crippen molar-refractivity contribution in [2.24, 2.45) is 4.99 Å². The molecular formula is C20H22N2O. The second kappa shape index (κ2) is 5.58. The van der Waals surface area contributed by atoms with Gasteiger partial charge in [-0.3, -0.25) is 4.99 Å². The van der Waals surface area contributed by atoms with Crippen LogP contribution in [-0.2, 0) is 0 Å². The van der Waals surface area contributed by atoms with Crippen LogP contribution in [0.1, 0.15) is 31.9 Å². The Bertz CT molecular complexity index is 786. The van der Waals surface area contributed by atoms with E-state index in [4.69, 9.17) is 0 Å². The first-order valence-electron chi connectivity index (χ1n) is 7.78. The Labute approximate surface area is 137 Å². The number of rotatable bonds is 2. The molecule has 0 fully saturated rings. The van der Waals surface area contributed by atoms with Crippen LogP contribution in [0.15, 0.2) is 53.5 Å². The van der Waals surface area contributed by atoms with Crippen LogP contribution in [-0.4, -0.2) is 23.9 Å². The van der Waals surface area contributed by atoms with Crippen LogP contribution in [0.3, 0.4) is 0 Å². The lowest BCUT2D eigenvalue weighted by Gasteiger charge is -2.40. The molecule has 0 atom stereocenters. The highest BCUT2D eigenvalue weighted by atomic mass is 16.3. The fraction of sp³-hybridized carbons (Fsp3) is 0.250. The molecule has 0 aliphatic carbocycles. The second-order valence-corrected chi connectivity index (χ2v) is 6.59. The van der Waals surface area contributed by atoms with Crippen molar-refractivity contribution < 1.29 is 5.11 Å². The molecule has 0 unspecified atom stereocenters. The summed E-state index contributed by atoms with van der Waals surface area (Å²) in [6.07, 6.45) is 4.16. The molecule has 0 spiro atoms. The van der Waals surface area contributed by atoms with Gasteiger partial charge in [-0.1, -0.05) is 12.1 Å². The van der Waals surface area contributed by atoms with E-state index < -0.39 is 0 Å². The van der Waals surface area contributed by atoms with Gasteiger partial charge in [0.05, 0.1) is 11.2 Å². The number of fused-ring (bicyclic) bond motifs is 1. The van der Waals surface area contributed by atoms with Crippen molar-refractivity contribution in [3.8, 4) is 5.75 Å². The fourth-order valence-corrected chi connectivity index (χ4v) is 2.94. The van der Waals surface area contributed by atoms with E-state index >= 15 is 0 Å². The molecule has 1 N–H and O–H groups in total. The molecule has 1 aliphatic rings. The third-order valence-electron chi connectivity index (χ3n) is 4.45. The molecule has 3 nitrogen and oxygen atoms in total. The second-order valence-electron chi connectivity index (χ2n) is 6.59. The van der Waals surface area contributed by atoms with Crippen molar-refractivity contribution in [3.05, 3.63) is 59.7 Å². The number of aliphatic imine (C=N–C) groups is 1. The van der Waals surface area contributed by atoms with Crippen molar-refractivity contribution in [2.75, 3.05) is 11.9 Å². The Hall–Kier alpha value is -2.55. The van der Waals surface area contributed by atoms with Crippen LogP contribution in [0.25, 0.3) is 5.57 Å². The third-order valence-corrected chi connectivity index (χ3v) is 4.45. The molecule has 1 heterocycles. The Morgan fingerprint density at radius 2 is 1.78 bits per heavy atom. The van der Waals surface area contributed by atoms with Gasteiger partial charge in [0.2, 0.25) is 0 Å². The fourth-order valence-electron chi connectivity index (χ4n) is 2.94. The maximum absolute atomic E-state index is 9.31. The van der Waals surface area contributed by atoms with Gasteiger partial charge in [0.25, 0.3) is 0 Å². The van der Waals surface area contributed by atoms with Crippen LogP contribution in [0.5, 0.6) is 5.75 Å². The summed E-state index contributed by atoms with van der Waals surface area (Å²) >= 11 is 0. The molecule has 0 saturated carbocycles. The normalized spacial score (nSPS) is 16.3. The van der Waals surface area contributed by atoms with E-state index in [1.807, 2.05) is 6.21 Å². The highest BCUT2D eigenvalue weighted by Crippen LogP contribution is 2.37. The Balaban J connectivity index is 1.93. The van der Waals surface area contributed by atoms with Gasteiger partial charge < -0.3 is 10.0 Å². The van der Waals surface area contributed by atoms with Crippen molar-refractivity contribution in [1.82, 2.24) is 0 Å². The van der Waals surface area contributed by atoms with Crippen LogP contribution >= 0.6 is 0 Å². The van der Waals surface area contributed by atoms with E-state index in [1.54, 1.807) is 24.3 Å². The number of likely N-dealkylation sites (N-methyl/N-ethyl adjacent to an activating group) is 1. The summed E-state index contributed by atoms with van der Waals surface area (Å²) in [5.41, 5.74) is 5.71. The molecule has 0 radical (unpaired) electrons. The Morgan fingerprint density at radius 1 is 1.09 bits per heavy atom. The number of allylic oxidation sites excluding steroid dienone is 1. The van der Waals surface area contributed by atoms with Gasteiger partial charge in [-0.15, -0.1) is 0 Å². The number of aromatic hydroxyl groups is 1. The van der Waals surface area contributed by atoms with E-state index in [9.17, 15) is 5.11 Å². The predicted molar refractivity (Wildman–Crippen MR) is 97.9 cm³/mol. The molecule has 0 amide bonds. The van der Waals surface area contributed by atoms with E-state index in [2.05, 4.69) is 62.0 Å². The summed E-state index contributed by atoms with van der Waals surface area (Å²) in [7, 11) is 2.13. The van der Waals surface area contributed by atoms with Crippen molar-refractivity contribution in [3.63, 3.8) is 0 Å². The molecule has 2 aromatic rings. The highest BCUT2D eigenvalue weighted by molar-refractivity contribution is 5.88. The number of benzene rings is 2. The molecular weight excluding hydrogens is 284 g/mol. The number of nitrogens with zero attached hydrogens (tertiary/aromatic N) is 2. The largest absolute Gasteiger partial charge is 0.508 e. The number of phenolic OH excluding ortho intramolecular Hbond substituents is 1. The SMILES string of the molecule is CC1=CC(C)(C)N(C)c2ccc(C=Nc3ccc(O)cc3)cc21. The van der Waals surface area contributed by atoms with Crippen LogP contribution in [0.2, 0.25) is 0 Å². The molecule has 3 heteroatoms. The van der Waals surface area contributed by atoms with Crippen LogP contribution in [0.4, 0.5) is 11.4 Å². The number of phenols is 1. The minimum absolute atomic E-state index is 0.0265. The zero-order chi connectivity index (χ0) is 16.6. The zero-order valence-corrected chi connectivity index (χ0v) is 14.0. The van der Waals surface area contributed by atoms with Crippen molar-refractivity contribution >= 4 is 23.2 Å². The molecule has 1 aliphatic heterocycles. The summed E-state index contributed by atoms with van der Waals surface area (Å²) in [5.74, 6) is 0.254. The first-order chi connectivity index (χ1) is 10.9. The standard InChI is InChI=1S/C20H22N2O/c1-14-12-20(2,3)22(4)19-10-5-15(11-18(14)19)13-21-16-6-8-17(23)9-7-16/h5-13,23H,1-4H3. The number of anilines is 1. The van der Waals surface area contributed by atoms with Crippen molar-refractivity contribution in [1.29, 1.82) is 0 Å². The molecule has 0 saturated heterocycles. The lowest BCUT2D eigenvalue weighted by atomic mass is 9.89. The summed E-state index contributed by atoms with van der Waals surface area (Å²) in [5, 5.41) is 9.31. The molecule has 3 rings (SSSR count).